The molecule has 11 heteroatoms. The van der Waals surface area contributed by atoms with E-state index in [1.807, 2.05) is 47.8 Å². The second-order valence-electron chi connectivity index (χ2n) is 33.4. The molecule has 6 saturated carbocycles. The molecule has 13 rings (SSSR count). The molecule has 2 unspecified atom stereocenters. The van der Waals surface area contributed by atoms with Crippen molar-refractivity contribution >= 4 is 52.6 Å². The number of Topliss-reactive ketones (excluding diaryl/α,β-unsaturated/α-hetero) is 2. The number of ketones is 2. The average Bonchev–Trinajstić information content (AvgIpc) is 1.37. The van der Waals surface area contributed by atoms with Gasteiger partial charge in [-0.2, -0.15) is 4.57 Å². The van der Waals surface area contributed by atoms with Gasteiger partial charge in [0, 0.05) is 66.2 Å². The summed E-state index contributed by atoms with van der Waals surface area (Å²) < 4.78 is 25.7. The van der Waals surface area contributed by atoms with Gasteiger partial charge in [-0.05, 0) is 231 Å². The van der Waals surface area contributed by atoms with Crippen molar-refractivity contribution in [1.29, 1.82) is 0 Å². The molecule has 2 aromatic carbocycles. The number of hydrogen-bond donors (Lipinski definition) is 0. The number of carbonyl (C=O) groups excluding carboxylic acids is 4. The summed E-state index contributed by atoms with van der Waals surface area (Å²) in [6.07, 6.45) is 36.1. The van der Waals surface area contributed by atoms with Crippen LogP contribution in [0.25, 0.3) is 23.1 Å². The van der Waals surface area contributed by atoms with Crippen molar-refractivity contribution in [2.24, 2.45) is 99.7 Å². The highest BCUT2D eigenvalue weighted by Gasteiger charge is 2.61. The summed E-state index contributed by atoms with van der Waals surface area (Å²) in [6, 6.07) is 14.3. The molecule has 0 spiro atoms. The Balaban J connectivity index is 0.602. The standard InChI is InChI=1S/C83H108N2O9/c1-49(2)15-13-17-51(5)67-29-31-69-63-27-21-55-45-61(35-39-80(55,7)71(63)37-41-82(67,69)9)93-78(89)91-59-25-33-73-53(43-59)19-23-57(84(73)11)47-65-75(86)66(77(88)76(65)87)48-58-24-20-54-44-60(26-34-74(54)85(58)12)92-79(90)94-62-36-40-81(8)56(46-62)22-28-64-70-32-30-68(52(6)18-14-16-50(3)4)83(70,10)42-38-72(64)81/h19-26,33-34,43-44,47-52,61-64,67-72H,13-18,27-32,35-42,45-46H2,1-12H3/t51-,52-,61?,62?,63+,64+,67-,68-,69+,70+,71+,72+,80+,81+,82-,83-/m1/s1. The highest BCUT2D eigenvalue weighted by atomic mass is 16.7. The van der Waals surface area contributed by atoms with Gasteiger partial charge in [0.25, 0.3) is 0 Å². The van der Waals surface area contributed by atoms with Crippen LogP contribution in [0.2, 0.25) is 0 Å². The number of benzene rings is 2. The van der Waals surface area contributed by atoms with Gasteiger partial charge < -0.3 is 29.0 Å². The van der Waals surface area contributed by atoms with E-state index in [-0.39, 0.29) is 34.2 Å². The van der Waals surface area contributed by atoms with Crippen molar-refractivity contribution in [3.8, 4) is 11.5 Å². The van der Waals surface area contributed by atoms with Crippen LogP contribution >= 0.6 is 0 Å². The molecule has 0 bridgehead atoms. The Morgan fingerprint density at radius 1 is 0.617 bits per heavy atom. The molecule has 1 aliphatic heterocycles. The van der Waals surface area contributed by atoms with Crippen molar-refractivity contribution in [2.45, 2.75) is 223 Å². The van der Waals surface area contributed by atoms with Gasteiger partial charge in [0.2, 0.25) is 22.8 Å². The Hall–Kier alpha value is -6.23. The Morgan fingerprint density at radius 2 is 1.15 bits per heavy atom. The molecule has 3 aromatic rings. The van der Waals surface area contributed by atoms with Crippen LogP contribution in [0.5, 0.6) is 11.5 Å². The van der Waals surface area contributed by atoms with Crippen molar-refractivity contribution in [3.63, 3.8) is 0 Å². The van der Waals surface area contributed by atoms with E-state index in [0.717, 1.165) is 133 Å². The van der Waals surface area contributed by atoms with E-state index in [2.05, 4.69) is 81.4 Å². The number of anilines is 1. The van der Waals surface area contributed by atoms with Crippen LogP contribution in [0.3, 0.4) is 0 Å². The zero-order valence-electron chi connectivity index (χ0n) is 58.8. The SMILES string of the molecule is CC(C)CCC[C@@H](C)[C@H]1CC[C@H]2[C@@H]3CC=C4CC(OC(=O)Oc5ccc6c(c5)C=C/C(=C\C5=C([O-])C(=C/c7ccc8cc(OC(=O)OC9CC[C@@]%10(C)C(=CC[C@H]%11[C@@H]%12CC[C@H]([C@H](C)CCCC(C)C)[C@@]%12(C)CC[C@@H]%11%10)C9)ccc8[n+]7C)/C(=O)C5=O)N6C)CC[C@]4(C)[C@H]3CC[C@]12C. The highest BCUT2D eigenvalue weighted by molar-refractivity contribution is 6.54. The van der Waals surface area contributed by atoms with E-state index in [0.29, 0.717) is 45.6 Å². The summed E-state index contributed by atoms with van der Waals surface area (Å²) in [7, 11) is 3.64. The minimum absolute atomic E-state index is 0.146. The molecule has 11 nitrogen and oxygen atoms in total. The number of rotatable bonds is 16. The summed E-state index contributed by atoms with van der Waals surface area (Å²) in [6.45, 7) is 24.8. The zero-order chi connectivity index (χ0) is 66.3. The number of allylic oxidation sites excluding steroid dienone is 6. The third-order valence-corrected chi connectivity index (χ3v) is 27.6. The van der Waals surface area contributed by atoms with Crippen LogP contribution in [0, 0.1) is 92.7 Å². The van der Waals surface area contributed by atoms with Gasteiger partial charge in [-0.25, -0.2) is 9.59 Å². The van der Waals surface area contributed by atoms with Gasteiger partial charge in [0.1, 0.15) is 30.8 Å². The molecule has 504 valence electrons. The van der Waals surface area contributed by atoms with Gasteiger partial charge in [-0.1, -0.05) is 143 Å². The molecule has 9 aliphatic carbocycles. The number of carbonyl (C=O) groups is 4. The van der Waals surface area contributed by atoms with Crippen molar-refractivity contribution in [1.82, 2.24) is 0 Å². The fraction of sp³-hybridized carbons (Fsp3) is 0.627. The topological polar surface area (TPSA) is 135 Å². The van der Waals surface area contributed by atoms with E-state index in [4.69, 9.17) is 18.9 Å². The lowest BCUT2D eigenvalue weighted by Crippen LogP contribution is -2.51. The van der Waals surface area contributed by atoms with Gasteiger partial charge in [0.05, 0.1) is 5.39 Å². The molecule has 0 amide bonds. The maximum absolute atomic E-state index is 14.1. The smallest absolute Gasteiger partial charge is 0.514 e. The maximum atomic E-state index is 14.1. The summed E-state index contributed by atoms with van der Waals surface area (Å²) in [4.78, 5) is 56.0. The van der Waals surface area contributed by atoms with Gasteiger partial charge in [-0.15, -0.1) is 0 Å². The lowest BCUT2D eigenvalue weighted by molar-refractivity contribution is -0.646. The van der Waals surface area contributed by atoms with Crippen molar-refractivity contribution in [3.05, 3.63) is 118 Å². The number of pyridine rings is 1. The van der Waals surface area contributed by atoms with Crippen LogP contribution in [0.15, 0.2) is 107 Å². The molecule has 0 N–H and O–H groups in total. The van der Waals surface area contributed by atoms with Gasteiger partial charge in [-0.3, -0.25) is 9.59 Å². The molecule has 0 saturated heterocycles. The molecule has 2 heterocycles. The molecule has 16 atom stereocenters. The zero-order valence-corrected chi connectivity index (χ0v) is 58.8. The predicted molar refractivity (Wildman–Crippen MR) is 370 cm³/mol. The Morgan fingerprint density at radius 3 is 1.69 bits per heavy atom. The predicted octanol–water partition coefficient (Wildman–Crippen LogP) is 18.7. The van der Waals surface area contributed by atoms with E-state index in [1.54, 1.807) is 36.4 Å². The monoisotopic (exact) mass is 1280 g/mol. The molecule has 0 radical (unpaired) electrons. The van der Waals surface area contributed by atoms with Crippen LogP contribution in [-0.4, -0.2) is 43.1 Å². The Labute approximate surface area is 561 Å². The second-order valence-corrected chi connectivity index (χ2v) is 33.4. The van der Waals surface area contributed by atoms with E-state index in [1.165, 1.54) is 113 Å². The summed E-state index contributed by atoms with van der Waals surface area (Å²) >= 11 is 0. The average molecular weight is 1280 g/mol. The van der Waals surface area contributed by atoms with Crippen LogP contribution in [-0.2, 0) is 26.1 Å². The van der Waals surface area contributed by atoms with Crippen LogP contribution in [0.1, 0.15) is 222 Å². The third-order valence-electron chi connectivity index (χ3n) is 27.6. The minimum atomic E-state index is -0.864. The second kappa shape index (κ2) is 26.0. The first kappa shape index (κ1) is 66.4. The van der Waals surface area contributed by atoms with Gasteiger partial charge in [0.15, 0.2) is 0 Å². The fourth-order valence-electron chi connectivity index (χ4n) is 22.4. The number of hydrogen-bond acceptors (Lipinski definition) is 10. The molecule has 6 fully saturated rings. The molecule has 1 aromatic heterocycles. The number of aryl methyl sites for hydroxylation is 1. The molecular weight excluding hydrogens is 1170 g/mol. The lowest BCUT2D eigenvalue weighted by Gasteiger charge is -2.58. The highest BCUT2D eigenvalue weighted by Crippen LogP contribution is 2.69. The van der Waals surface area contributed by atoms with E-state index >= 15 is 0 Å². The number of ether oxygens (including phenoxy) is 4. The summed E-state index contributed by atoms with van der Waals surface area (Å²) in [5.41, 5.74) is 7.07. The van der Waals surface area contributed by atoms with E-state index in [9.17, 15) is 24.3 Å². The number of nitrogens with zero attached hydrogens (tertiary/aromatic N) is 2. The number of likely N-dealkylation sites (N-methyl/N-ethyl adjacent to an activating group) is 1. The largest absolute Gasteiger partial charge is 0.871 e. The quantitative estimate of drug-likeness (QED) is 0.0341. The fourth-order valence-corrected chi connectivity index (χ4v) is 22.4. The van der Waals surface area contributed by atoms with E-state index < -0.39 is 29.6 Å². The van der Waals surface area contributed by atoms with Crippen LogP contribution in [0.4, 0.5) is 15.3 Å². The first-order valence-electron chi connectivity index (χ1n) is 37.0. The normalized spacial score (nSPS) is 34.9. The minimum Gasteiger partial charge on any atom is -0.871 e. The number of fused-ring (bicyclic) bond motifs is 12. The van der Waals surface area contributed by atoms with Crippen molar-refractivity contribution < 1.29 is 47.8 Å². The Kier molecular flexibility index (Phi) is 18.3. The lowest BCUT2D eigenvalue weighted by atomic mass is 9.47. The van der Waals surface area contributed by atoms with Gasteiger partial charge >= 0.3 is 12.3 Å². The van der Waals surface area contributed by atoms with Crippen LogP contribution < -0.4 is 24.0 Å². The maximum Gasteiger partial charge on any atom is 0.514 e. The molecule has 10 aliphatic rings. The molecular formula is C83H108N2O9. The summed E-state index contributed by atoms with van der Waals surface area (Å²) in [5, 5.41) is 14.8. The third kappa shape index (κ3) is 12.1. The number of aromatic nitrogens is 1. The molecule has 94 heavy (non-hydrogen) atoms. The first-order valence-corrected chi connectivity index (χ1v) is 37.0. The summed E-state index contributed by atoms with van der Waals surface area (Å²) in [5.74, 6) is 7.60. The van der Waals surface area contributed by atoms with Crippen molar-refractivity contribution in [2.75, 3.05) is 11.9 Å². The first-order chi connectivity index (χ1) is 44.9. The Bertz CT molecular complexity index is 3670.